The first-order chi connectivity index (χ1) is 12.9. The molecule has 6 heteroatoms. The van der Waals surface area contributed by atoms with Crippen molar-refractivity contribution >= 4 is 23.7 Å². The SMILES string of the molecule is Cc1ccn(-c2cc(NCc3c(C)cccc3C)c3nc(C)c(C)n3c2)n1.Cl. The largest absolute Gasteiger partial charge is 0.378 e. The second-order valence-electron chi connectivity index (χ2n) is 7.21. The van der Waals surface area contributed by atoms with E-state index in [-0.39, 0.29) is 12.4 Å². The zero-order chi connectivity index (χ0) is 19.1. The fourth-order valence-corrected chi connectivity index (χ4v) is 3.48. The normalized spacial score (nSPS) is 10.9. The number of anilines is 1. The minimum Gasteiger partial charge on any atom is -0.378 e. The molecule has 0 amide bonds. The summed E-state index contributed by atoms with van der Waals surface area (Å²) in [6.45, 7) is 11.2. The molecule has 0 fully saturated rings. The first-order valence-electron chi connectivity index (χ1n) is 9.25. The predicted molar refractivity (Wildman–Crippen MR) is 117 cm³/mol. The maximum atomic E-state index is 4.78. The van der Waals surface area contributed by atoms with E-state index in [1.54, 1.807) is 0 Å². The van der Waals surface area contributed by atoms with Crippen LogP contribution in [-0.4, -0.2) is 19.2 Å². The Labute approximate surface area is 171 Å². The van der Waals surface area contributed by atoms with Gasteiger partial charge in [-0.25, -0.2) is 9.67 Å². The van der Waals surface area contributed by atoms with Crippen molar-refractivity contribution in [2.75, 3.05) is 5.32 Å². The van der Waals surface area contributed by atoms with Crippen molar-refractivity contribution in [3.05, 3.63) is 76.5 Å². The number of hydrogen-bond acceptors (Lipinski definition) is 3. The summed E-state index contributed by atoms with van der Waals surface area (Å²) in [6.07, 6.45) is 4.09. The molecule has 0 aliphatic rings. The lowest BCUT2D eigenvalue weighted by Crippen LogP contribution is -2.07. The Balaban J connectivity index is 0.00000225. The highest BCUT2D eigenvalue weighted by molar-refractivity contribution is 5.85. The van der Waals surface area contributed by atoms with Crippen LogP contribution in [0.3, 0.4) is 0 Å². The first-order valence-corrected chi connectivity index (χ1v) is 9.25. The van der Waals surface area contributed by atoms with Crippen molar-refractivity contribution in [3.63, 3.8) is 0 Å². The number of aromatic nitrogens is 4. The molecule has 3 aromatic heterocycles. The van der Waals surface area contributed by atoms with E-state index < -0.39 is 0 Å². The summed E-state index contributed by atoms with van der Waals surface area (Å²) >= 11 is 0. The average Bonchev–Trinajstić information content (AvgIpc) is 3.19. The molecule has 4 aromatic rings. The van der Waals surface area contributed by atoms with Crippen LogP contribution in [0.2, 0.25) is 0 Å². The summed E-state index contributed by atoms with van der Waals surface area (Å²) < 4.78 is 4.06. The van der Waals surface area contributed by atoms with Crippen LogP contribution < -0.4 is 5.32 Å². The molecule has 0 saturated carbocycles. The maximum Gasteiger partial charge on any atom is 0.160 e. The molecule has 1 N–H and O–H groups in total. The Hall–Kier alpha value is -2.79. The van der Waals surface area contributed by atoms with Crippen LogP contribution in [0.4, 0.5) is 5.69 Å². The van der Waals surface area contributed by atoms with Gasteiger partial charge in [-0.1, -0.05) is 18.2 Å². The zero-order valence-electron chi connectivity index (χ0n) is 16.9. The van der Waals surface area contributed by atoms with Gasteiger partial charge < -0.3 is 9.72 Å². The average molecular weight is 396 g/mol. The Kier molecular flexibility index (Phi) is 5.47. The molecule has 0 unspecified atom stereocenters. The van der Waals surface area contributed by atoms with Gasteiger partial charge in [0.1, 0.15) is 0 Å². The van der Waals surface area contributed by atoms with Crippen LogP contribution in [0, 0.1) is 34.6 Å². The van der Waals surface area contributed by atoms with E-state index in [1.165, 1.54) is 16.7 Å². The van der Waals surface area contributed by atoms with Gasteiger partial charge in [0.05, 0.1) is 22.8 Å². The molecule has 0 aliphatic heterocycles. The second kappa shape index (κ2) is 7.68. The summed E-state index contributed by atoms with van der Waals surface area (Å²) in [4.78, 5) is 4.78. The van der Waals surface area contributed by atoms with E-state index in [0.717, 1.165) is 40.6 Å². The van der Waals surface area contributed by atoms with Crippen molar-refractivity contribution in [2.24, 2.45) is 0 Å². The fourth-order valence-electron chi connectivity index (χ4n) is 3.48. The number of nitrogens with one attached hydrogen (secondary N) is 1. The van der Waals surface area contributed by atoms with Gasteiger partial charge in [-0.05, 0) is 63.4 Å². The molecule has 0 bridgehead atoms. The summed E-state index contributed by atoms with van der Waals surface area (Å²) in [5.41, 5.74) is 10.1. The molecular weight excluding hydrogens is 370 g/mol. The van der Waals surface area contributed by atoms with Gasteiger partial charge in [0, 0.05) is 24.6 Å². The molecule has 28 heavy (non-hydrogen) atoms. The lowest BCUT2D eigenvalue weighted by molar-refractivity contribution is 0.851. The van der Waals surface area contributed by atoms with Crippen LogP contribution in [0.15, 0.2) is 42.7 Å². The number of rotatable bonds is 4. The van der Waals surface area contributed by atoms with Crippen molar-refractivity contribution in [2.45, 2.75) is 41.2 Å². The summed E-state index contributed by atoms with van der Waals surface area (Å²) in [6, 6.07) is 10.6. The highest BCUT2D eigenvalue weighted by Crippen LogP contribution is 2.25. The van der Waals surface area contributed by atoms with Crippen molar-refractivity contribution < 1.29 is 0 Å². The predicted octanol–water partition coefficient (Wildman–Crippen LogP) is 5.10. The molecule has 0 saturated heterocycles. The van der Waals surface area contributed by atoms with Crippen molar-refractivity contribution in [1.29, 1.82) is 0 Å². The summed E-state index contributed by atoms with van der Waals surface area (Å²) in [5, 5.41) is 8.19. The highest BCUT2D eigenvalue weighted by Gasteiger charge is 2.13. The van der Waals surface area contributed by atoms with E-state index in [0.29, 0.717) is 0 Å². The maximum absolute atomic E-state index is 4.78. The van der Waals surface area contributed by atoms with Gasteiger partial charge >= 0.3 is 0 Å². The highest BCUT2D eigenvalue weighted by atomic mass is 35.5. The standard InChI is InChI=1S/C22H25N5.ClH/c1-14-7-6-8-15(2)20(14)12-23-21-11-19(27-10-9-16(3)25-27)13-26-18(5)17(4)24-22(21)26;/h6-11,13,23H,12H2,1-5H3;1H. The van der Waals surface area contributed by atoms with Crippen molar-refractivity contribution in [1.82, 2.24) is 19.2 Å². The molecule has 4 rings (SSSR count). The summed E-state index contributed by atoms with van der Waals surface area (Å²) in [7, 11) is 0. The Bertz CT molecular complexity index is 1120. The third-order valence-electron chi connectivity index (χ3n) is 5.27. The number of hydrogen-bond donors (Lipinski definition) is 1. The van der Waals surface area contributed by atoms with Gasteiger partial charge in [0.2, 0.25) is 0 Å². The lowest BCUT2D eigenvalue weighted by Gasteiger charge is -2.14. The molecule has 1 aromatic carbocycles. The minimum atomic E-state index is 0. The number of imidazole rings is 1. The Morgan fingerprint density at radius 3 is 2.36 bits per heavy atom. The third kappa shape index (κ3) is 3.50. The lowest BCUT2D eigenvalue weighted by atomic mass is 10.0. The van der Waals surface area contributed by atoms with Crippen LogP contribution in [0.1, 0.15) is 33.8 Å². The Morgan fingerprint density at radius 1 is 1.00 bits per heavy atom. The van der Waals surface area contributed by atoms with Crippen molar-refractivity contribution in [3.8, 4) is 5.69 Å². The van der Waals surface area contributed by atoms with Crippen LogP contribution in [-0.2, 0) is 6.54 Å². The number of benzene rings is 1. The fraction of sp³-hybridized carbons (Fsp3) is 0.273. The molecule has 0 spiro atoms. The summed E-state index contributed by atoms with van der Waals surface area (Å²) in [5.74, 6) is 0. The third-order valence-corrected chi connectivity index (χ3v) is 5.27. The first kappa shape index (κ1) is 20.0. The van der Waals surface area contributed by atoms with Gasteiger partial charge in [-0.3, -0.25) is 0 Å². The van der Waals surface area contributed by atoms with E-state index in [2.05, 4.69) is 73.0 Å². The number of nitrogens with zero attached hydrogens (tertiary/aromatic N) is 4. The number of halogens is 1. The minimum absolute atomic E-state index is 0. The topological polar surface area (TPSA) is 47.2 Å². The molecule has 0 atom stereocenters. The van der Waals surface area contributed by atoms with E-state index in [1.807, 2.05) is 23.9 Å². The Morgan fingerprint density at radius 2 is 1.71 bits per heavy atom. The quantitative estimate of drug-likeness (QED) is 0.523. The van der Waals surface area contributed by atoms with Gasteiger partial charge in [0.25, 0.3) is 0 Å². The van der Waals surface area contributed by atoms with Gasteiger partial charge in [-0.2, -0.15) is 5.10 Å². The number of fused-ring (bicyclic) bond motifs is 1. The smallest absolute Gasteiger partial charge is 0.160 e. The monoisotopic (exact) mass is 395 g/mol. The molecule has 3 heterocycles. The van der Waals surface area contributed by atoms with E-state index in [9.17, 15) is 0 Å². The van der Waals surface area contributed by atoms with Gasteiger partial charge in [0.15, 0.2) is 5.65 Å². The number of aryl methyl sites for hydroxylation is 5. The molecule has 0 aliphatic carbocycles. The number of pyridine rings is 1. The van der Waals surface area contributed by atoms with E-state index in [4.69, 9.17) is 4.98 Å². The molecule has 0 radical (unpaired) electrons. The molecule has 146 valence electrons. The van der Waals surface area contributed by atoms with E-state index >= 15 is 0 Å². The second-order valence-corrected chi connectivity index (χ2v) is 7.21. The zero-order valence-corrected chi connectivity index (χ0v) is 17.8. The van der Waals surface area contributed by atoms with Gasteiger partial charge in [-0.15, -0.1) is 12.4 Å². The molecule has 5 nitrogen and oxygen atoms in total. The van der Waals surface area contributed by atoms with Crippen LogP contribution in [0.25, 0.3) is 11.3 Å². The van der Waals surface area contributed by atoms with Crippen LogP contribution >= 0.6 is 12.4 Å². The van der Waals surface area contributed by atoms with Crippen LogP contribution in [0.5, 0.6) is 0 Å². The molecular formula is C22H26ClN5.